The quantitative estimate of drug-likeness (QED) is 0.682. The van der Waals surface area contributed by atoms with E-state index in [4.69, 9.17) is 4.74 Å². The molecule has 27 heavy (non-hydrogen) atoms. The first-order chi connectivity index (χ1) is 13.3. The maximum atomic E-state index is 12.9. The van der Waals surface area contributed by atoms with Crippen molar-refractivity contribution in [3.63, 3.8) is 0 Å². The van der Waals surface area contributed by atoms with Crippen LogP contribution in [-0.4, -0.2) is 50.7 Å². The van der Waals surface area contributed by atoms with Crippen LogP contribution >= 0.6 is 11.3 Å². The third-order valence-corrected chi connectivity index (χ3v) is 6.64. The van der Waals surface area contributed by atoms with Crippen molar-refractivity contribution in [3.8, 4) is 5.69 Å². The molecule has 0 atom stereocenters. The van der Waals surface area contributed by atoms with Gasteiger partial charge in [-0.1, -0.05) is 0 Å². The fraction of sp³-hybridized carbons (Fsp3) is 0.368. The van der Waals surface area contributed by atoms with Gasteiger partial charge in [-0.15, -0.1) is 16.4 Å². The fourth-order valence-electron chi connectivity index (χ4n) is 4.02. The van der Waals surface area contributed by atoms with E-state index in [9.17, 15) is 4.79 Å². The number of amides is 1. The van der Waals surface area contributed by atoms with Gasteiger partial charge in [0.25, 0.3) is 5.91 Å². The highest BCUT2D eigenvalue weighted by molar-refractivity contribution is 7.10. The lowest BCUT2D eigenvalue weighted by molar-refractivity contribution is -0.0906. The van der Waals surface area contributed by atoms with Crippen molar-refractivity contribution in [3.05, 3.63) is 58.0 Å². The number of ether oxygens (including phenoxy) is 1. The van der Waals surface area contributed by atoms with Crippen LogP contribution in [0.15, 0.2) is 42.0 Å². The van der Waals surface area contributed by atoms with Gasteiger partial charge in [-0.25, -0.2) is 4.68 Å². The summed E-state index contributed by atoms with van der Waals surface area (Å²) < 4.78 is 7.80. The summed E-state index contributed by atoms with van der Waals surface area (Å²) in [5.74, 6) is 0.0651. The molecule has 5 rings (SSSR count). The van der Waals surface area contributed by atoms with E-state index in [1.54, 1.807) is 16.0 Å². The molecule has 0 radical (unpaired) electrons. The van der Waals surface area contributed by atoms with Gasteiger partial charge >= 0.3 is 0 Å². The van der Waals surface area contributed by atoms with Gasteiger partial charge in [-0.2, -0.15) is 0 Å². The summed E-state index contributed by atoms with van der Waals surface area (Å²) in [4.78, 5) is 16.2. The van der Waals surface area contributed by atoms with E-state index in [1.165, 1.54) is 16.8 Å². The molecular weight excluding hydrogens is 362 g/mol. The second-order valence-electron chi connectivity index (χ2n) is 6.96. The molecular formula is C19H19N5O2S. The molecule has 0 N–H and O–H groups in total. The first-order valence-electron chi connectivity index (χ1n) is 9.09. The Bertz CT molecular complexity index is 943. The van der Waals surface area contributed by atoms with Gasteiger partial charge in [0.1, 0.15) is 11.9 Å². The average Bonchev–Trinajstić information content (AvgIpc) is 3.41. The molecule has 1 aromatic carbocycles. The average molecular weight is 381 g/mol. The smallest absolute Gasteiger partial charge is 0.253 e. The summed E-state index contributed by atoms with van der Waals surface area (Å²) in [6, 6.07) is 9.60. The fourth-order valence-corrected chi connectivity index (χ4v) is 5.18. The van der Waals surface area contributed by atoms with Crippen LogP contribution in [0.5, 0.6) is 0 Å². The SMILES string of the molecule is O=C(c1ccc(-n2cnnn2)cc1)N1CCC2(CC1)OCCc1ccsc12. The van der Waals surface area contributed by atoms with E-state index >= 15 is 0 Å². The minimum absolute atomic E-state index is 0.0651. The molecule has 0 saturated carbocycles. The summed E-state index contributed by atoms with van der Waals surface area (Å²) in [7, 11) is 0. The zero-order valence-corrected chi connectivity index (χ0v) is 15.6. The number of benzene rings is 1. The summed E-state index contributed by atoms with van der Waals surface area (Å²) in [6.45, 7) is 2.20. The van der Waals surface area contributed by atoms with E-state index in [0.717, 1.165) is 31.6 Å². The van der Waals surface area contributed by atoms with Gasteiger partial charge in [0.05, 0.1) is 12.3 Å². The summed E-state index contributed by atoms with van der Waals surface area (Å²) in [5.41, 5.74) is 2.74. The lowest BCUT2D eigenvalue weighted by Gasteiger charge is -2.43. The Kier molecular flexibility index (Phi) is 4.02. The Hall–Kier alpha value is -2.58. The number of piperidine rings is 1. The summed E-state index contributed by atoms with van der Waals surface area (Å²) in [6.07, 6.45) is 4.24. The molecule has 1 saturated heterocycles. The zero-order chi connectivity index (χ0) is 18.3. The first-order valence-corrected chi connectivity index (χ1v) is 9.97. The minimum atomic E-state index is -0.192. The molecule has 2 aliphatic heterocycles. The lowest BCUT2D eigenvalue weighted by atomic mass is 9.85. The molecule has 0 unspecified atom stereocenters. The number of likely N-dealkylation sites (tertiary alicyclic amines) is 1. The van der Waals surface area contributed by atoms with Crippen molar-refractivity contribution in [1.29, 1.82) is 0 Å². The number of aromatic nitrogens is 4. The van der Waals surface area contributed by atoms with E-state index in [-0.39, 0.29) is 11.5 Å². The Morgan fingerprint density at radius 1 is 1.15 bits per heavy atom. The molecule has 2 aliphatic rings. The van der Waals surface area contributed by atoms with E-state index in [2.05, 4.69) is 27.0 Å². The second-order valence-corrected chi connectivity index (χ2v) is 7.88. The predicted molar refractivity (Wildman–Crippen MR) is 99.9 cm³/mol. The van der Waals surface area contributed by atoms with Crippen LogP contribution in [0.3, 0.4) is 0 Å². The molecule has 2 aromatic heterocycles. The molecule has 8 heteroatoms. The van der Waals surface area contributed by atoms with Crippen molar-refractivity contribution >= 4 is 17.2 Å². The number of carbonyl (C=O) groups excluding carboxylic acids is 1. The largest absolute Gasteiger partial charge is 0.369 e. The van der Waals surface area contributed by atoms with Crippen LogP contribution in [-0.2, 0) is 16.8 Å². The Morgan fingerprint density at radius 3 is 2.70 bits per heavy atom. The number of hydrogen-bond acceptors (Lipinski definition) is 6. The number of tetrazole rings is 1. The van der Waals surface area contributed by atoms with Crippen molar-refractivity contribution in [2.24, 2.45) is 0 Å². The van der Waals surface area contributed by atoms with Gasteiger partial charge in [-0.3, -0.25) is 4.79 Å². The molecule has 138 valence electrons. The monoisotopic (exact) mass is 381 g/mol. The maximum absolute atomic E-state index is 12.9. The number of carbonyl (C=O) groups is 1. The van der Waals surface area contributed by atoms with Crippen molar-refractivity contribution in [2.45, 2.75) is 24.9 Å². The number of fused-ring (bicyclic) bond motifs is 2. The second kappa shape index (κ2) is 6.54. The summed E-state index contributed by atoms with van der Waals surface area (Å²) >= 11 is 1.79. The minimum Gasteiger partial charge on any atom is -0.369 e. The van der Waals surface area contributed by atoms with Crippen LogP contribution < -0.4 is 0 Å². The molecule has 0 aliphatic carbocycles. The van der Waals surface area contributed by atoms with E-state index in [0.29, 0.717) is 18.7 Å². The predicted octanol–water partition coefficient (Wildman–Crippen LogP) is 2.43. The normalized spacial score (nSPS) is 18.4. The third kappa shape index (κ3) is 2.85. The van der Waals surface area contributed by atoms with Crippen LogP contribution in [0.25, 0.3) is 5.69 Å². The Morgan fingerprint density at radius 2 is 1.96 bits per heavy atom. The van der Waals surface area contributed by atoms with Crippen molar-refractivity contribution in [2.75, 3.05) is 19.7 Å². The molecule has 3 aromatic rings. The zero-order valence-electron chi connectivity index (χ0n) is 14.7. The molecule has 4 heterocycles. The Labute approximate surface area is 160 Å². The number of rotatable bonds is 2. The Balaban J connectivity index is 1.30. The van der Waals surface area contributed by atoms with Crippen molar-refractivity contribution < 1.29 is 9.53 Å². The van der Waals surface area contributed by atoms with Crippen LogP contribution in [0.1, 0.15) is 33.6 Å². The highest BCUT2D eigenvalue weighted by Gasteiger charge is 2.42. The van der Waals surface area contributed by atoms with E-state index < -0.39 is 0 Å². The van der Waals surface area contributed by atoms with Crippen LogP contribution in [0.4, 0.5) is 0 Å². The summed E-state index contributed by atoms with van der Waals surface area (Å²) in [5, 5.41) is 13.3. The van der Waals surface area contributed by atoms with Crippen molar-refractivity contribution in [1.82, 2.24) is 25.1 Å². The molecule has 1 spiro atoms. The first kappa shape index (κ1) is 16.6. The molecule has 1 amide bonds. The third-order valence-electron chi connectivity index (χ3n) is 5.50. The molecule has 7 nitrogen and oxygen atoms in total. The van der Waals surface area contributed by atoms with E-state index in [1.807, 2.05) is 29.2 Å². The van der Waals surface area contributed by atoms with Gasteiger partial charge in [0, 0.05) is 23.5 Å². The van der Waals surface area contributed by atoms with Gasteiger partial charge in [-0.05, 0) is 71.0 Å². The lowest BCUT2D eigenvalue weighted by Crippen LogP contribution is -2.47. The van der Waals surface area contributed by atoms with Gasteiger partial charge in [0.2, 0.25) is 0 Å². The highest BCUT2D eigenvalue weighted by Crippen LogP contribution is 2.44. The number of nitrogens with zero attached hydrogens (tertiary/aromatic N) is 5. The number of thiophene rings is 1. The topological polar surface area (TPSA) is 73.1 Å². The van der Waals surface area contributed by atoms with Crippen LogP contribution in [0, 0.1) is 0 Å². The molecule has 0 bridgehead atoms. The van der Waals surface area contributed by atoms with Crippen LogP contribution in [0.2, 0.25) is 0 Å². The standard InChI is InChI=1S/C19H19N5O2S/c25-18(15-1-3-16(4-2-15)24-13-20-21-22-24)23-9-7-19(8-10-23)17-14(5-11-26-19)6-12-27-17/h1-4,6,12-13H,5,7-11H2. The highest BCUT2D eigenvalue weighted by atomic mass is 32.1. The maximum Gasteiger partial charge on any atom is 0.253 e. The van der Waals surface area contributed by atoms with Gasteiger partial charge < -0.3 is 9.64 Å². The number of hydrogen-bond donors (Lipinski definition) is 0. The van der Waals surface area contributed by atoms with Gasteiger partial charge in [0.15, 0.2) is 0 Å². The molecule has 1 fully saturated rings.